The fraction of sp³-hybridized carbons (Fsp3) is 0.571. The van der Waals surface area contributed by atoms with Crippen molar-refractivity contribution in [3.05, 3.63) is 35.9 Å². The van der Waals surface area contributed by atoms with Gasteiger partial charge in [0, 0.05) is 7.11 Å². The molecule has 1 heterocycles. The van der Waals surface area contributed by atoms with Crippen LogP contribution in [-0.4, -0.2) is 48.0 Å². The molecule has 1 fully saturated rings. The molecule has 5 heteroatoms. The van der Waals surface area contributed by atoms with Gasteiger partial charge in [-0.25, -0.2) is 0 Å². The lowest BCUT2D eigenvalue weighted by Gasteiger charge is -2.40. The van der Waals surface area contributed by atoms with Gasteiger partial charge >= 0.3 is 0 Å². The molecule has 0 aliphatic carbocycles. The second-order valence-electron chi connectivity index (χ2n) is 4.69. The van der Waals surface area contributed by atoms with Gasteiger partial charge in [-0.05, 0) is 12.5 Å². The number of hydrogen-bond acceptors (Lipinski definition) is 5. The van der Waals surface area contributed by atoms with E-state index in [4.69, 9.17) is 14.2 Å². The van der Waals surface area contributed by atoms with Crippen LogP contribution in [0, 0.1) is 0 Å². The van der Waals surface area contributed by atoms with E-state index < -0.39 is 24.6 Å². The van der Waals surface area contributed by atoms with Crippen LogP contribution in [0.4, 0.5) is 0 Å². The summed E-state index contributed by atoms with van der Waals surface area (Å²) in [6.45, 7) is 2.15. The molecule has 1 saturated heterocycles. The molecular weight excluding hydrogens is 248 g/mol. The zero-order valence-corrected chi connectivity index (χ0v) is 11.1. The van der Waals surface area contributed by atoms with Crippen LogP contribution in [0.5, 0.6) is 0 Å². The van der Waals surface area contributed by atoms with E-state index >= 15 is 0 Å². The number of ether oxygens (including phenoxy) is 3. The molecule has 106 valence electrons. The molecule has 0 amide bonds. The quantitative estimate of drug-likeness (QED) is 0.840. The van der Waals surface area contributed by atoms with Crippen molar-refractivity contribution in [3.63, 3.8) is 0 Å². The van der Waals surface area contributed by atoms with E-state index in [0.717, 1.165) is 5.56 Å². The van der Waals surface area contributed by atoms with Gasteiger partial charge in [0.05, 0.1) is 12.7 Å². The Morgan fingerprint density at radius 1 is 1.16 bits per heavy atom. The lowest BCUT2D eigenvalue weighted by Crippen LogP contribution is -2.57. The summed E-state index contributed by atoms with van der Waals surface area (Å²) in [4.78, 5) is 0. The molecule has 5 nitrogen and oxygen atoms in total. The Kier molecular flexibility index (Phi) is 4.90. The molecule has 0 saturated carbocycles. The second-order valence-corrected chi connectivity index (χ2v) is 4.69. The molecule has 2 N–H and O–H groups in total. The van der Waals surface area contributed by atoms with Crippen molar-refractivity contribution >= 4 is 0 Å². The van der Waals surface area contributed by atoms with Crippen molar-refractivity contribution in [2.24, 2.45) is 0 Å². The zero-order chi connectivity index (χ0) is 13.8. The highest BCUT2D eigenvalue weighted by atomic mass is 16.7. The monoisotopic (exact) mass is 268 g/mol. The summed E-state index contributed by atoms with van der Waals surface area (Å²) in [7, 11) is 1.43. The third kappa shape index (κ3) is 3.32. The first-order valence-electron chi connectivity index (χ1n) is 6.33. The summed E-state index contributed by atoms with van der Waals surface area (Å²) in [5.41, 5.74) is 1.00. The lowest BCUT2D eigenvalue weighted by atomic mass is 9.99. The first-order valence-corrected chi connectivity index (χ1v) is 6.33. The summed E-state index contributed by atoms with van der Waals surface area (Å²) >= 11 is 0. The van der Waals surface area contributed by atoms with Gasteiger partial charge in [0.1, 0.15) is 18.3 Å². The van der Waals surface area contributed by atoms with Gasteiger partial charge in [-0.2, -0.15) is 0 Å². The third-order valence-corrected chi connectivity index (χ3v) is 3.29. The van der Waals surface area contributed by atoms with Gasteiger partial charge in [-0.3, -0.25) is 0 Å². The first kappa shape index (κ1) is 14.4. The SMILES string of the molecule is CO[C@@H]1O[C@@H](C)[C@H](OCc2ccccc2)[C@H](O)[C@@H]1O. The molecule has 5 atom stereocenters. The van der Waals surface area contributed by atoms with Crippen molar-refractivity contribution in [2.75, 3.05) is 7.11 Å². The van der Waals surface area contributed by atoms with Crippen LogP contribution in [-0.2, 0) is 20.8 Å². The molecular formula is C14H20O5. The van der Waals surface area contributed by atoms with Gasteiger partial charge < -0.3 is 24.4 Å². The van der Waals surface area contributed by atoms with E-state index in [9.17, 15) is 10.2 Å². The van der Waals surface area contributed by atoms with Gasteiger partial charge in [0.15, 0.2) is 6.29 Å². The molecule has 0 radical (unpaired) electrons. The topological polar surface area (TPSA) is 68.2 Å². The first-order chi connectivity index (χ1) is 9.13. The van der Waals surface area contributed by atoms with Gasteiger partial charge in [0.25, 0.3) is 0 Å². The van der Waals surface area contributed by atoms with Gasteiger partial charge in [0.2, 0.25) is 0 Å². The predicted molar refractivity (Wildman–Crippen MR) is 68.4 cm³/mol. The maximum atomic E-state index is 10.1. The number of methoxy groups -OCH3 is 1. The van der Waals surface area contributed by atoms with Crippen molar-refractivity contribution in [3.8, 4) is 0 Å². The number of hydrogen-bond donors (Lipinski definition) is 2. The molecule has 1 aliphatic rings. The zero-order valence-electron chi connectivity index (χ0n) is 11.1. The van der Waals surface area contributed by atoms with Crippen molar-refractivity contribution in [2.45, 2.75) is 44.2 Å². The van der Waals surface area contributed by atoms with Crippen LogP contribution in [0.2, 0.25) is 0 Å². The van der Waals surface area contributed by atoms with Crippen LogP contribution in [0.15, 0.2) is 30.3 Å². The Bertz CT molecular complexity index is 383. The van der Waals surface area contributed by atoms with Crippen LogP contribution < -0.4 is 0 Å². The largest absolute Gasteiger partial charge is 0.387 e. The van der Waals surface area contributed by atoms with Crippen LogP contribution in [0.1, 0.15) is 12.5 Å². The highest BCUT2D eigenvalue weighted by molar-refractivity contribution is 5.13. The molecule has 0 aromatic heterocycles. The maximum Gasteiger partial charge on any atom is 0.186 e. The van der Waals surface area contributed by atoms with Crippen molar-refractivity contribution in [1.82, 2.24) is 0 Å². The maximum absolute atomic E-state index is 10.1. The lowest BCUT2D eigenvalue weighted by molar-refractivity contribution is -0.294. The molecule has 0 unspecified atom stereocenters. The average molecular weight is 268 g/mol. The summed E-state index contributed by atoms with van der Waals surface area (Å²) in [6.07, 6.45) is -3.89. The highest BCUT2D eigenvalue weighted by Crippen LogP contribution is 2.24. The predicted octanol–water partition coefficient (Wildman–Crippen LogP) is 0.685. The summed E-state index contributed by atoms with van der Waals surface area (Å²) < 4.78 is 16.1. The molecule has 19 heavy (non-hydrogen) atoms. The summed E-state index contributed by atoms with van der Waals surface area (Å²) in [5, 5.41) is 19.9. The van der Waals surface area contributed by atoms with Crippen molar-refractivity contribution < 1.29 is 24.4 Å². The third-order valence-electron chi connectivity index (χ3n) is 3.29. The van der Waals surface area contributed by atoms with E-state index in [-0.39, 0.29) is 6.10 Å². The second kappa shape index (κ2) is 6.45. The smallest absolute Gasteiger partial charge is 0.186 e. The Morgan fingerprint density at radius 3 is 2.47 bits per heavy atom. The molecule has 1 aromatic rings. The van der Waals surface area contributed by atoms with Crippen molar-refractivity contribution in [1.29, 1.82) is 0 Å². The van der Waals surface area contributed by atoms with E-state index in [0.29, 0.717) is 6.61 Å². The average Bonchev–Trinajstić information content (AvgIpc) is 2.44. The minimum atomic E-state index is -1.11. The van der Waals surface area contributed by atoms with E-state index in [1.165, 1.54) is 7.11 Å². The van der Waals surface area contributed by atoms with Crippen LogP contribution in [0.3, 0.4) is 0 Å². The fourth-order valence-electron chi connectivity index (χ4n) is 2.20. The molecule has 1 aliphatic heterocycles. The minimum Gasteiger partial charge on any atom is -0.387 e. The van der Waals surface area contributed by atoms with E-state index in [1.54, 1.807) is 6.92 Å². The Hall–Kier alpha value is -0.980. The minimum absolute atomic E-state index is 0.355. The van der Waals surface area contributed by atoms with Gasteiger partial charge in [-0.15, -0.1) is 0 Å². The summed E-state index contributed by atoms with van der Waals surface area (Å²) in [5.74, 6) is 0. The number of rotatable bonds is 4. The van der Waals surface area contributed by atoms with E-state index in [2.05, 4.69) is 0 Å². The normalized spacial score (nSPS) is 35.3. The molecule has 0 spiro atoms. The number of aliphatic hydroxyl groups is 2. The van der Waals surface area contributed by atoms with Gasteiger partial charge in [-0.1, -0.05) is 30.3 Å². The number of benzene rings is 1. The Morgan fingerprint density at radius 2 is 1.84 bits per heavy atom. The Balaban J connectivity index is 1.96. The summed E-state index contributed by atoms with van der Waals surface area (Å²) in [6, 6.07) is 9.65. The molecule has 1 aromatic carbocycles. The van der Waals surface area contributed by atoms with Crippen LogP contribution in [0.25, 0.3) is 0 Å². The molecule has 2 rings (SSSR count). The molecule has 0 bridgehead atoms. The number of aliphatic hydroxyl groups excluding tert-OH is 2. The standard InChI is InChI=1S/C14H20O5/c1-9-13(11(15)12(16)14(17-2)19-9)18-8-10-6-4-3-5-7-10/h3-7,9,11-16H,8H2,1-2H3/t9-,11+,12-,13-,14+/m0/s1. The van der Waals surface area contributed by atoms with E-state index in [1.807, 2.05) is 30.3 Å². The van der Waals surface area contributed by atoms with Crippen LogP contribution >= 0.6 is 0 Å². The Labute approximate surface area is 112 Å². The fourth-order valence-corrected chi connectivity index (χ4v) is 2.20. The highest BCUT2D eigenvalue weighted by Gasteiger charge is 2.43.